The van der Waals surface area contributed by atoms with Crippen LogP contribution in [-0.2, 0) is 6.42 Å². The summed E-state index contributed by atoms with van der Waals surface area (Å²) in [5.74, 6) is 0.823. The Balaban J connectivity index is 1.54. The minimum atomic E-state index is -0.194. The molecule has 0 unspecified atom stereocenters. The van der Waals surface area contributed by atoms with Crippen LogP contribution in [0.2, 0.25) is 0 Å². The van der Waals surface area contributed by atoms with Gasteiger partial charge in [-0.1, -0.05) is 30.3 Å². The highest BCUT2D eigenvalue weighted by molar-refractivity contribution is 7.99. The van der Waals surface area contributed by atoms with Crippen LogP contribution in [0.25, 0.3) is 0 Å². The van der Waals surface area contributed by atoms with Gasteiger partial charge in [0.05, 0.1) is 6.04 Å². The van der Waals surface area contributed by atoms with Gasteiger partial charge in [-0.25, -0.2) is 4.39 Å². The zero-order valence-corrected chi connectivity index (χ0v) is 14.4. The molecule has 1 heterocycles. The van der Waals surface area contributed by atoms with Crippen molar-refractivity contribution in [3.8, 4) is 0 Å². The Hall–Kier alpha value is -1.59. The summed E-state index contributed by atoms with van der Waals surface area (Å²) in [5, 5.41) is 7.20. The van der Waals surface area contributed by atoms with Crippen LogP contribution in [0.3, 0.4) is 0 Å². The molecule has 0 spiro atoms. The zero-order chi connectivity index (χ0) is 16.1. The molecule has 0 aromatic heterocycles. The van der Waals surface area contributed by atoms with E-state index in [0.717, 1.165) is 35.6 Å². The first-order chi connectivity index (χ1) is 11.2. The molecule has 0 aliphatic carbocycles. The van der Waals surface area contributed by atoms with Gasteiger partial charge in [0.25, 0.3) is 0 Å². The van der Waals surface area contributed by atoms with E-state index in [9.17, 15) is 4.39 Å². The van der Waals surface area contributed by atoms with E-state index in [4.69, 9.17) is 12.2 Å². The van der Waals surface area contributed by atoms with E-state index in [0.29, 0.717) is 5.11 Å². The van der Waals surface area contributed by atoms with Crippen LogP contribution < -0.4 is 10.6 Å². The standard InChI is InChI=1S/C18H19FN2S2/c19-14-6-7-17-15(12-14)16(9-11-23-17)21-18(22)20-10-8-13-4-2-1-3-5-13/h1-7,12,16H,8-11H2,(H2,20,21,22)/t16-/m0/s1. The van der Waals surface area contributed by atoms with Crippen LogP contribution >= 0.6 is 24.0 Å². The molecule has 3 rings (SSSR count). The largest absolute Gasteiger partial charge is 0.362 e. The predicted octanol–water partition coefficient (Wildman–Crippen LogP) is 4.07. The lowest BCUT2D eigenvalue weighted by molar-refractivity contribution is 0.581. The average molecular weight is 346 g/mol. The third-order valence-corrected chi connectivity index (χ3v) is 5.24. The summed E-state index contributed by atoms with van der Waals surface area (Å²) in [4.78, 5) is 1.14. The maximum absolute atomic E-state index is 13.5. The molecule has 2 N–H and O–H groups in total. The second-order valence-electron chi connectivity index (χ2n) is 5.51. The van der Waals surface area contributed by atoms with Gasteiger partial charge in [-0.05, 0) is 54.4 Å². The summed E-state index contributed by atoms with van der Waals surface area (Å²) in [6, 6.07) is 15.4. The third kappa shape index (κ3) is 4.45. The second-order valence-corrected chi connectivity index (χ2v) is 7.05. The fourth-order valence-electron chi connectivity index (χ4n) is 2.69. The van der Waals surface area contributed by atoms with Crippen molar-refractivity contribution in [1.82, 2.24) is 10.6 Å². The summed E-state index contributed by atoms with van der Waals surface area (Å²) in [5.41, 5.74) is 2.29. The zero-order valence-electron chi connectivity index (χ0n) is 12.7. The molecule has 2 aromatic carbocycles. The highest BCUT2D eigenvalue weighted by atomic mass is 32.2. The van der Waals surface area contributed by atoms with Crippen LogP contribution in [-0.4, -0.2) is 17.4 Å². The van der Waals surface area contributed by atoms with Gasteiger partial charge in [0.2, 0.25) is 0 Å². The summed E-state index contributed by atoms with van der Waals surface area (Å²) in [6.45, 7) is 0.785. The molecule has 1 aliphatic rings. The van der Waals surface area contributed by atoms with Crippen LogP contribution in [0, 0.1) is 5.82 Å². The Morgan fingerprint density at radius 1 is 1.22 bits per heavy atom. The SMILES string of the molecule is Fc1ccc2c(c1)[C@@H](NC(=S)NCCc1ccccc1)CCS2. The number of halogens is 1. The monoisotopic (exact) mass is 346 g/mol. The molecule has 0 bridgehead atoms. The smallest absolute Gasteiger partial charge is 0.166 e. The van der Waals surface area contributed by atoms with Gasteiger partial charge < -0.3 is 10.6 Å². The molecule has 2 nitrogen and oxygen atoms in total. The van der Waals surface area contributed by atoms with E-state index in [1.54, 1.807) is 17.8 Å². The van der Waals surface area contributed by atoms with Crippen LogP contribution in [0.5, 0.6) is 0 Å². The van der Waals surface area contributed by atoms with Gasteiger partial charge in [0.1, 0.15) is 5.82 Å². The van der Waals surface area contributed by atoms with Gasteiger partial charge in [-0.3, -0.25) is 0 Å². The Bertz CT molecular complexity index is 676. The molecular formula is C18H19FN2S2. The molecular weight excluding hydrogens is 327 g/mol. The summed E-state index contributed by atoms with van der Waals surface area (Å²) in [6.07, 6.45) is 1.87. The Kier molecular flexibility index (Phi) is 5.51. The molecule has 5 heteroatoms. The fourth-order valence-corrected chi connectivity index (χ4v) is 4.04. The molecule has 0 radical (unpaired) electrons. The number of thioether (sulfide) groups is 1. The van der Waals surface area contributed by atoms with Crippen molar-refractivity contribution < 1.29 is 4.39 Å². The molecule has 120 valence electrons. The summed E-state index contributed by atoms with van der Waals surface area (Å²) < 4.78 is 13.5. The normalized spacial score (nSPS) is 16.5. The minimum Gasteiger partial charge on any atom is -0.362 e. The number of fused-ring (bicyclic) bond motifs is 1. The van der Waals surface area contributed by atoms with Crippen LogP contribution in [0.15, 0.2) is 53.4 Å². The van der Waals surface area contributed by atoms with Crippen molar-refractivity contribution in [2.24, 2.45) is 0 Å². The number of nitrogens with one attached hydrogen (secondary N) is 2. The highest BCUT2D eigenvalue weighted by Gasteiger charge is 2.21. The molecule has 0 saturated heterocycles. The topological polar surface area (TPSA) is 24.1 Å². The minimum absolute atomic E-state index is 0.0821. The van der Waals surface area contributed by atoms with Crippen molar-refractivity contribution in [3.05, 3.63) is 65.5 Å². The second kappa shape index (κ2) is 7.79. The quantitative estimate of drug-likeness (QED) is 0.815. The summed E-state index contributed by atoms with van der Waals surface area (Å²) >= 11 is 7.16. The Morgan fingerprint density at radius 3 is 2.87 bits per heavy atom. The molecule has 1 aliphatic heterocycles. The van der Waals surface area contributed by atoms with Gasteiger partial charge in [-0.2, -0.15) is 0 Å². The third-order valence-electron chi connectivity index (χ3n) is 3.86. The van der Waals surface area contributed by atoms with Crippen molar-refractivity contribution in [1.29, 1.82) is 0 Å². The molecule has 1 atom stereocenters. The summed E-state index contributed by atoms with van der Waals surface area (Å²) in [7, 11) is 0. The lowest BCUT2D eigenvalue weighted by Crippen LogP contribution is -2.39. The van der Waals surface area contributed by atoms with E-state index < -0.39 is 0 Å². The number of hydrogen-bond acceptors (Lipinski definition) is 2. The first kappa shape index (κ1) is 16.3. The Labute approximate surface area is 145 Å². The first-order valence-electron chi connectivity index (χ1n) is 7.73. The van der Waals surface area contributed by atoms with Crippen LogP contribution in [0.4, 0.5) is 4.39 Å². The van der Waals surface area contributed by atoms with Gasteiger partial charge in [0, 0.05) is 17.2 Å². The molecule has 23 heavy (non-hydrogen) atoms. The molecule has 0 saturated carbocycles. The van der Waals surface area contributed by atoms with E-state index >= 15 is 0 Å². The van der Waals surface area contributed by atoms with E-state index in [1.165, 1.54) is 11.6 Å². The lowest BCUT2D eigenvalue weighted by Gasteiger charge is -2.27. The lowest BCUT2D eigenvalue weighted by atomic mass is 10.0. The fraction of sp³-hybridized carbons (Fsp3) is 0.278. The van der Waals surface area contributed by atoms with Gasteiger partial charge in [-0.15, -0.1) is 11.8 Å². The number of hydrogen-bond donors (Lipinski definition) is 2. The maximum Gasteiger partial charge on any atom is 0.166 e. The number of rotatable bonds is 4. The van der Waals surface area contributed by atoms with E-state index in [1.807, 2.05) is 24.3 Å². The maximum atomic E-state index is 13.5. The number of thiocarbonyl (C=S) groups is 1. The van der Waals surface area contributed by atoms with Crippen molar-refractivity contribution in [3.63, 3.8) is 0 Å². The van der Waals surface area contributed by atoms with Gasteiger partial charge >= 0.3 is 0 Å². The van der Waals surface area contributed by atoms with Crippen molar-refractivity contribution >= 4 is 29.1 Å². The number of benzene rings is 2. The first-order valence-corrected chi connectivity index (χ1v) is 9.12. The molecule has 0 amide bonds. The Morgan fingerprint density at radius 2 is 2.04 bits per heavy atom. The van der Waals surface area contributed by atoms with Crippen LogP contribution in [0.1, 0.15) is 23.6 Å². The van der Waals surface area contributed by atoms with E-state index in [-0.39, 0.29) is 11.9 Å². The highest BCUT2D eigenvalue weighted by Crippen LogP contribution is 2.36. The van der Waals surface area contributed by atoms with Gasteiger partial charge in [0.15, 0.2) is 5.11 Å². The predicted molar refractivity (Wildman–Crippen MR) is 98.4 cm³/mol. The average Bonchev–Trinajstić information content (AvgIpc) is 2.56. The molecule has 0 fully saturated rings. The van der Waals surface area contributed by atoms with E-state index in [2.05, 4.69) is 22.8 Å². The van der Waals surface area contributed by atoms with Crippen molar-refractivity contribution in [2.75, 3.05) is 12.3 Å². The molecule has 2 aromatic rings. The van der Waals surface area contributed by atoms with Crippen molar-refractivity contribution in [2.45, 2.75) is 23.8 Å².